The monoisotopic (exact) mass is 475 g/mol. The number of amides is 2. The second kappa shape index (κ2) is 11.2. The van der Waals surface area contributed by atoms with Crippen LogP contribution in [0.1, 0.15) is 31.9 Å². The maximum absolute atomic E-state index is 13.5. The number of nitrogens with zero attached hydrogens (tertiary/aromatic N) is 2. The molecule has 33 heavy (non-hydrogen) atoms. The van der Waals surface area contributed by atoms with Gasteiger partial charge in [0.05, 0.1) is 19.1 Å². The standard InChI is InChI=1S/C24H33N3O5S/c1-17(2)25-24(29)19(4)26(15-20-10-8-7-9-18(20)3)23(28)16-27(33(6,30)31)21-11-13-22(32-5)14-12-21/h7-14,17,19H,15-16H2,1-6H3,(H,25,29)/t19-/m0/s1. The average Bonchev–Trinajstić information content (AvgIpc) is 2.75. The van der Waals surface area contributed by atoms with Gasteiger partial charge in [-0.3, -0.25) is 13.9 Å². The molecule has 2 aromatic carbocycles. The summed E-state index contributed by atoms with van der Waals surface area (Å²) >= 11 is 0. The van der Waals surface area contributed by atoms with E-state index in [9.17, 15) is 18.0 Å². The Labute approximate surface area is 196 Å². The highest BCUT2D eigenvalue weighted by atomic mass is 32.2. The van der Waals surface area contributed by atoms with Crippen LogP contribution in [0.2, 0.25) is 0 Å². The molecular formula is C24H33N3O5S. The summed E-state index contributed by atoms with van der Waals surface area (Å²) in [6, 6.07) is 13.1. The van der Waals surface area contributed by atoms with Crippen LogP contribution in [0.15, 0.2) is 48.5 Å². The number of sulfonamides is 1. The molecule has 1 N–H and O–H groups in total. The highest BCUT2D eigenvalue weighted by Crippen LogP contribution is 2.22. The fourth-order valence-corrected chi connectivity index (χ4v) is 4.17. The zero-order valence-electron chi connectivity index (χ0n) is 20.0. The topological polar surface area (TPSA) is 96.0 Å². The fraction of sp³-hybridized carbons (Fsp3) is 0.417. The van der Waals surface area contributed by atoms with E-state index in [2.05, 4.69) is 5.32 Å². The van der Waals surface area contributed by atoms with Gasteiger partial charge in [-0.05, 0) is 63.1 Å². The van der Waals surface area contributed by atoms with Gasteiger partial charge >= 0.3 is 0 Å². The first kappa shape index (κ1) is 26.2. The minimum Gasteiger partial charge on any atom is -0.497 e. The molecule has 0 fully saturated rings. The van der Waals surface area contributed by atoms with E-state index in [1.807, 2.05) is 45.0 Å². The molecule has 2 amide bonds. The maximum Gasteiger partial charge on any atom is 0.244 e. The van der Waals surface area contributed by atoms with Gasteiger partial charge < -0.3 is 15.0 Å². The number of carbonyl (C=O) groups excluding carboxylic acids is 2. The van der Waals surface area contributed by atoms with Crippen LogP contribution >= 0.6 is 0 Å². The third kappa shape index (κ3) is 7.21. The van der Waals surface area contributed by atoms with Gasteiger partial charge in [0.25, 0.3) is 0 Å². The molecule has 0 heterocycles. The van der Waals surface area contributed by atoms with Crippen LogP contribution in [0, 0.1) is 6.92 Å². The molecule has 0 saturated heterocycles. The number of carbonyl (C=O) groups is 2. The van der Waals surface area contributed by atoms with Gasteiger partial charge in [0.2, 0.25) is 21.8 Å². The molecule has 0 aliphatic heterocycles. The lowest BCUT2D eigenvalue weighted by Crippen LogP contribution is -2.52. The van der Waals surface area contributed by atoms with Gasteiger partial charge in [0.1, 0.15) is 18.3 Å². The minimum absolute atomic E-state index is 0.0952. The van der Waals surface area contributed by atoms with Gasteiger partial charge in [0.15, 0.2) is 0 Å². The SMILES string of the molecule is COc1ccc(N(CC(=O)N(Cc2ccccc2C)[C@@H](C)C(=O)NC(C)C)S(C)(=O)=O)cc1. The second-order valence-corrected chi connectivity index (χ2v) is 10.2. The maximum atomic E-state index is 13.5. The summed E-state index contributed by atoms with van der Waals surface area (Å²) in [5, 5.41) is 2.83. The molecule has 2 rings (SSSR count). The molecule has 0 spiro atoms. The van der Waals surface area contributed by atoms with E-state index in [0.29, 0.717) is 11.4 Å². The van der Waals surface area contributed by atoms with Crippen molar-refractivity contribution >= 4 is 27.5 Å². The van der Waals surface area contributed by atoms with Crippen LogP contribution < -0.4 is 14.4 Å². The van der Waals surface area contributed by atoms with Crippen molar-refractivity contribution < 1.29 is 22.7 Å². The van der Waals surface area contributed by atoms with Crippen LogP contribution in [0.5, 0.6) is 5.75 Å². The predicted molar refractivity (Wildman–Crippen MR) is 130 cm³/mol. The van der Waals surface area contributed by atoms with Crippen LogP contribution in [0.25, 0.3) is 0 Å². The van der Waals surface area contributed by atoms with Gasteiger partial charge in [-0.2, -0.15) is 0 Å². The van der Waals surface area contributed by atoms with Crippen molar-refractivity contribution in [2.45, 2.75) is 46.3 Å². The van der Waals surface area contributed by atoms with E-state index < -0.39 is 28.5 Å². The Hall–Kier alpha value is -3.07. The number of hydrogen-bond acceptors (Lipinski definition) is 5. The van der Waals surface area contributed by atoms with Crippen molar-refractivity contribution in [2.75, 3.05) is 24.2 Å². The number of nitrogens with one attached hydrogen (secondary N) is 1. The Morgan fingerprint density at radius 1 is 1.03 bits per heavy atom. The molecule has 0 aliphatic carbocycles. The van der Waals surface area contributed by atoms with E-state index in [1.165, 1.54) is 12.0 Å². The molecule has 0 saturated carbocycles. The molecule has 0 bridgehead atoms. The number of benzene rings is 2. The first-order valence-electron chi connectivity index (χ1n) is 10.7. The summed E-state index contributed by atoms with van der Waals surface area (Å²) in [5.41, 5.74) is 2.19. The van der Waals surface area contributed by atoms with Crippen molar-refractivity contribution in [1.82, 2.24) is 10.2 Å². The van der Waals surface area contributed by atoms with E-state index in [0.717, 1.165) is 21.7 Å². The summed E-state index contributed by atoms with van der Waals surface area (Å²) < 4.78 is 31.3. The largest absolute Gasteiger partial charge is 0.497 e. The Morgan fingerprint density at radius 2 is 1.64 bits per heavy atom. The third-order valence-corrected chi connectivity index (χ3v) is 6.38. The molecule has 9 heteroatoms. The Morgan fingerprint density at radius 3 is 2.15 bits per heavy atom. The smallest absolute Gasteiger partial charge is 0.244 e. The first-order valence-corrected chi connectivity index (χ1v) is 12.5. The molecule has 0 aliphatic rings. The van der Waals surface area contributed by atoms with E-state index >= 15 is 0 Å². The van der Waals surface area contributed by atoms with Gasteiger partial charge in [0, 0.05) is 12.6 Å². The predicted octanol–water partition coefficient (Wildman–Crippen LogP) is 2.71. The number of rotatable bonds is 10. The van der Waals surface area contributed by atoms with Gasteiger partial charge in [-0.15, -0.1) is 0 Å². The Bertz CT molecular complexity index is 1070. The summed E-state index contributed by atoms with van der Waals surface area (Å²) in [7, 11) is -2.25. The van der Waals surface area contributed by atoms with Crippen LogP contribution in [0.3, 0.4) is 0 Å². The number of methoxy groups -OCH3 is 1. The molecule has 0 aromatic heterocycles. The van der Waals surface area contributed by atoms with Crippen LogP contribution in [0.4, 0.5) is 5.69 Å². The summed E-state index contributed by atoms with van der Waals surface area (Å²) in [6.07, 6.45) is 1.05. The number of aryl methyl sites for hydroxylation is 1. The van der Waals surface area contributed by atoms with Gasteiger partial charge in [-0.1, -0.05) is 24.3 Å². The van der Waals surface area contributed by atoms with Gasteiger partial charge in [-0.25, -0.2) is 8.42 Å². The number of anilines is 1. The summed E-state index contributed by atoms with van der Waals surface area (Å²) in [6.45, 7) is 7.00. The van der Waals surface area contributed by atoms with E-state index in [1.54, 1.807) is 31.2 Å². The number of hydrogen-bond donors (Lipinski definition) is 1. The van der Waals surface area contributed by atoms with Crippen molar-refractivity contribution in [1.29, 1.82) is 0 Å². The second-order valence-electron chi connectivity index (χ2n) is 8.26. The zero-order chi connectivity index (χ0) is 24.8. The molecular weight excluding hydrogens is 442 g/mol. The summed E-state index contributed by atoms with van der Waals surface area (Å²) in [4.78, 5) is 27.6. The minimum atomic E-state index is -3.77. The lowest BCUT2D eigenvalue weighted by atomic mass is 10.1. The average molecular weight is 476 g/mol. The highest BCUT2D eigenvalue weighted by Gasteiger charge is 2.30. The summed E-state index contributed by atoms with van der Waals surface area (Å²) in [5.74, 6) is -0.216. The first-order chi connectivity index (χ1) is 15.4. The molecule has 1 atom stereocenters. The van der Waals surface area contributed by atoms with Crippen LogP contribution in [-0.2, 0) is 26.2 Å². The highest BCUT2D eigenvalue weighted by molar-refractivity contribution is 7.92. The molecule has 0 unspecified atom stereocenters. The molecule has 0 radical (unpaired) electrons. The molecule has 180 valence electrons. The quantitative estimate of drug-likeness (QED) is 0.570. The zero-order valence-corrected chi connectivity index (χ0v) is 20.8. The molecule has 8 nitrogen and oxygen atoms in total. The molecule has 2 aromatic rings. The lowest BCUT2D eigenvalue weighted by Gasteiger charge is -2.32. The van der Waals surface area contributed by atoms with Crippen LogP contribution in [-0.4, -0.2) is 57.1 Å². The van der Waals surface area contributed by atoms with E-state index in [4.69, 9.17) is 4.74 Å². The van der Waals surface area contributed by atoms with Crippen molar-refractivity contribution in [2.24, 2.45) is 0 Å². The Kier molecular flexibility index (Phi) is 8.87. The normalized spacial score (nSPS) is 12.2. The van der Waals surface area contributed by atoms with Crippen molar-refractivity contribution in [3.63, 3.8) is 0 Å². The third-order valence-electron chi connectivity index (χ3n) is 5.24. The lowest BCUT2D eigenvalue weighted by molar-refractivity contribution is -0.139. The Balaban J connectivity index is 2.39. The van der Waals surface area contributed by atoms with Crippen molar-refractivity contribution in [3.05, 3.63) is 59.7 Å². The van der Waals surface area contributed by atoms with Crippen molar-refractivity contribution in [3.8, 4) is 5.75 Å². The van der Waals surface area contributed by atoms with E-state index in [-0.39, 0.29) is 18.5 Å². The fourth-order valence-electron chi connectivity index (χ4n) is 3.32. The number of ether oxygens (including phenoxy) is 1.